The van der Waals surface area contributed by atoms with Crippen LogP contribution in [0.1, 0.15) is 32.4 Å². The van der Waals surface area contributed by atoms with Crippen LogP contribution in [0.5, 0.6) is 0 Å². The quantitative estimate of drug-likeness (QED) is 0.791. The fourth-order valence-corrected chi connectivity index (χ4v) is 2.03. The molecule has 0 aliphatic rings. The first kappa shape index (κ1) is 12.8. The summed E-state index contributed by atoms with van der Waals surface area (Å²) in [6.07, 6.45) is 11.6. The molecule has 0 fully saturated rings. The van der Waals surface area contributed by atoms with Gasteiger partial charge in [0.25, 0.3) is 0 Å². The monoisotopic (exact) mass is 247 g/mol. The third kappa shape index (κ3) is 3.20. The second-order valence-electron chi connectivity index (χ2n) is 5.20. The maximum absolute atomic E-state index is 6.11. The molecule has 0 atom stereocenters. The largest absolute Gasteiger partial charge is 0.337 e. The number of aromatic nitrogens is 4. The van der Waals surface area contributed by atoms with Crippen LogP contribution in [0.15, 0.2) is 31.2 Å². The van der Waals surface area contributed by atoms with Crippen molar-refractivity contribution < 1.29 is 0 Å². The van der Waals surface area contributed by atoms with Crippen LogP contribution in [0.3, 0.4) is 0 Å². The first-order valence-electron chi connectivity index (χ1n) is 6.32. The number of imidazole rings is 2. The van der Waals surface area contributed by atoms with Crippen LogP contribution in [0.4, 0.5) is 0 Å². The molecule has 5 heteroatoms. The zero-order chi connectivity index (χ0) is 13.0. The lowest BCUT2D eigenvalue weighted by Crippen LogP contribution is -2.31. The molecule has 0 aromatic carbocycles. The van der Waals surface area contributed by atoms with Gasteiger partial charge in [-0.25, -0.2) is 9.97 Å². The highest BCUT2D eigenvalue weighted by Crippen LogP contribution is 2.16. The van der Waals surface area contributed by atoms with Crippen molar-refractivity contribution in [2.24, 2.45) is 5.73 Å². The van der Waals surface area contributed by atoms with E-state index in [-0.39, 0.29) is 5.54 Å². The molecule has 0 amide bonds. The first-order valence-corrected chi connectivity index (χ1v) is 6.32. The Morgan fingerprint density at radius 2 is 1.94 bits per heavy atom. The van der Waals surface area contributed by atoms with Gasteiger partial charge in [0, 0.05) is 31.7 Å². The fraction of sp³-hybridized carbons (Fsp3) is 0.538. The molecule has 2 heterocycles. The molecule has 2 aromatic rings. The molecule has 98 valence electrons. The molecule has 2 aromatic heterocycles. The van der Waals surface area contributed by atoms with Crippen LogP contribution in [-0.2, 0) is 18.6 Å². The van der Waals surface area contributed by atoms with Gasteiger partial charge in [0.05, 0.1) is 23.9 Å². The number of rotatable bonds is 6. The summed E-state index contributed by atoms with van der Waals surface area (Å²) in [7, 11) is 0. The van der Waals surface area contributed by atoms with Crippen molar-refractivity contribution in [1.82, 2.24) is 19.1 Å². The molecule has 2 N–H and O–H groups in total. The smallest absolute Gasteiger partial charge is 0.0948 e. The van der Waals surface area contributed by atoms with Crippen LogP contribution in [0.2, 0.25) is 0 Å². The summed E-state index contributed by atoms with van der Waals surface area (Å²) >= 11 is 0. The lowest BCUT2D eigenvalue weighted by atomic mass is 10.0. The third-order valence-corrected chi connectivity index (χ3v) is 3.00. The van der Waals surface area contributed by atoms with Gasteiger partial charge in [0.15, 0.2) is 0 Å². The average molecular weight is 247 g/mol. The lowest BCUT2D eigenvalue weighted by molar-refractivity contribution is 0.473. The van der Waals surface area contributed by atoms with Crippen molar-refractivity contribution in [1.29, 1.82) is 0 Å². The van der Waals surface area contributed by atoms with E-state index in [2.05, 4.69) is 19.1 Å². The average Bonchev–Trinajstić information content (AvgIpc) is 2.94. The predicted molar refractivity (Wildman–Crippen MR) is 70.9 cm³/mol. The molecule has 2 rings (SSSR count). The van der Waals surface area contributed by atoms with Gasteiger partial charge in [-0.05, 0) is 26.7 Å². The standard InChI is InChI=1S/C13H21N5/c1-13(2,14)12-9-16-11-18(12)7-4-3-6-17-8-5-15-10-17/h5,8-11H,3-4,6-7,14H2,1-2H3. The van der Waals surface area contributed by atoms with E-state index < -0.39 is 0 Å². The van der Waals surface area contributed by atoms with Gasteiger partial charge in [-0.15, -0.1) is 0 Å². The number of hydrogen-bond donors (Lipinski definition) is 1. The highest BCUT2D eigenvalue weighted by Gasteiger charge is 2.18. The van der Waals surface area contributed by atoms with Crippen molar-refractivity contribution in [3.8, 4) is 0 Å². The third-order valence-electron chi connectivity index (χ3n) is 3.00. The molecule has 0 saturated carbocycles. The summed E-state index contributed by atoms with van der Waals surface area (Å²) in [5, 5.41) is 0. The van der Waals surface area contributed by atoms with E-state index in [1.807, 2.05) is 45.1 Å². The number of unbranched alkanes of at least 4 members (excludes halogenated alkanes) is 1. The summed E-state index contributed by atoms with van der Waals surface area (Å²) < 4.78 is 4.25. The molecule has 0 unspecified atom stereocenters. The Balaban J connectivity index is 1.82. The first-order chi connectivity index (χ1) is 8.57. The molecule has 0 spiro atoms. The van der Waals surface area contributed by atoms with E-state index in [1.54, 1.807) is 0 Å². The Morgan fingerprint density at radius 3 is 2.61 bits per heavy atom. The summed E-state index contributed by atoms with van der Waals surface area (Å²) in [6, 6.07) is 0. The summed E-state index contributed by atoms with van der Waals surface area (Å²) in [6.45, 7) is 5.98. The van der Waals surface area contributed by atoms with Crippen molar-refractivity contribution in [2.75, 3.05) is 0 Å². The van der Waals surface area contributed by atoms with Gasteiger partial charge in [-0.1, -0.05) is 0 Å². The van der Waals surface area contributed by atoms with Crippen LogP contribution in [-0.4, -0.2) is 19.1 Å². The molecule has 0 radical (unpaired) electrons. The molecular formula is C13H21N5. The second-order valence-corrected chi connectivity index (χ2v) is 5.20. The number of nitrogens with two attached hydrogens (primary N) is 1. The molecular weight excluding hydrogens is 226 g/mol. The van der Waals surface area contributed by atoms with Gasteiger partial charge in [0.1, 0.15) is 0 Å². The summed E-state index contributed by atoms with van der Waals surface area (Å²) in [4.78, 5) is 8.21. The molecule has 0 bridgehead atoms. The van der Waals surface area contributed by atoms with Gasteiger partial charge in [-0.2, -0.15) is 0 Å². The Morgan fingerprint density at radius 1 is 1.17 bits per heavy atom. The summed E-state index contributed by atoms with van der Waals surface area (Å²) in [5.74, 6) is 0. The zero-order valence-electron chi connectivity index (χ0n) is 11.1. The maximum Gasteiger partial charge on any atom is 0.0948 e. The fourth-order valence-electron chi connectivity index (χ4n) is 2.03. The van der Waals surface area contributed by atoms with E-state index in [9.17, 15) is 0 Å². The summed E-state index contributed by atoms with van der Waals surface area (Å²) in [5.41, 5.74) is 6.87. The molecule has 5 nitrogen and oxygen atoms in total. The second kappa shape index (κ2) is 5.35. The topological polar surface area (TPSA) is 61.7 Å². The number of aryl methyl sites for hydroxylation is 2. The minimum Gasteiger partial charge on any atom is -0.337 e. The van der Waals surface area contributed by atoms with E-state index >= 15 is 0 Å². The van der Waals surface area contributed by atoms with E-state index in [1.165, 1.54) is 0 Å². The van der Waals surface area contributed by atoms with Crippen molar-refractivity contribution in [3.05, 3.63) is 36.9 Å². The zero-order valence-corrected chi connectivity index (χ0v) is 11.1. The van der Waals surface area contributed by atoms with Gasteiger partial charge < -0.3 is 14.9 Å². The van der Waals surface area contributed by atoms with Gasteiger partial charge in [-0.3, -0.25) is 0 Å². The Bertz CT molecular complexity index is 464. The predicted octanol–water partition coefficient (Wildman–Crippen LogP) is 1.75. The number of hydrogen-bond acceptors (Lipinski definition) is 3. The Labute approximate surface area is 108 Å². The molecule has 0 saturated heterocycles. The van der Waals surface area contributed by atoms with Crippen LogP contribution in [0.25, 0.3) is 0 Å². The molecule has 0 aliphatic carbocycles. The highest BCUT2D eigenvalue weighted by atomic mass is 15.1. The van der Waals surface area contributed by atoms with E-state index in [0.717, 1.165) is 31.6 Å². The number of nitrogens with zero attached hydrogens (tertiary/aromatic N) is 4. The maximum atomic E-state index is 6.11. The normalized spacial score (nSPS) is 11.9. The highest BCUT2D eigenvalue weighted by molar-refractivity contribution is 5.09. The lowest BCUT2D eigenvalue weighted by Gasteiger charge is -2.20. The van der Waals surface area contributed by atoms with Crippen LogP contribution >= 0.6 is 0 Å². The van der Waals surface area contributed by atoms with Crippen molar-refractivity contribution >= 4 is 0 Å². The van der Waals surface area contributed by atoms with Crippen molar-refractivity contribution in [3.63, 3.8) is 0 Å². The van der Waals surface area contributed by atoms with Crippen LogP contribution < -0.4 is 5.73 Å². The molecule has 18 heavy (non-hydrogen) atoms. The molecule has 0 aliphatic heterocycles. The Hall–Kier alpha value is -1.62. The van der Waals surface area contributed by atoms with E-state index in [4.69, 9.17) is 5.73 Å². The van der Waals surface area contributed by atoms with Gasteiger partial charge in [0.2, 0.25) is 0 Å². The van der Waals surface area contributed by atoms with Gasteiger partial charge >= 0.3 is 0 Å². The van der Waals surface area contributed by atoms with E-state index in [0.29, 0.717) is 0 Å². The Kier molecular flexibility index (Phi) is 3.81. The van der Waals surface area contributed by atoms with Crippen molar-refractivity contribution in [2.45, 2.75) is 45.3 Å². The van der Waals surface area contributed by atoms with Crippen LogP contribution in [0, 0.1) is 0 Å². The minimum atomic E-state index is -0.332. The SMILES string of the molecule is CC(C)(N)c1cncn1CCCCn1ccnc1. The minimum absolute atomic E-state index is 0.332.